The van der Waals surface area contributed by atoms with E-state index < -0.39 is 0 Å². The summed E-state index contributed by atoms with van der Waals surface area (Å²) in [6.45, 7) is 0. The average molecular weight is 297 g/mol. The lowest BCUT2D eigenvalue weighted by Gasteiger charge is -2.12. The van der Waals surface area contributed by atoms with E-state index in [2.05, 4.69) is 20.6 Å². The second kappa shape index (κ2) is 4.78. The van der Waals surface area contributed by atoms with Gasteiger partial charge in [0.15, 0.2) is 5.82 Å². The van der Waals surface area contributed by atoms with E-state index in [1.54, 1.807) is 36.3 Å². The quantitative estimate of drug-likeness (QED) is 0.756. The Morgan fingerprint density at radius 3 is 2.57 bits per heavy atom. The van der Waals surface area contributed by atoms with E-state index in [0.717, 1.165) is 22.1 Å². The van der Waals surface area contributed by atoms with Crippen molar-refractivity contribution in [3.63, 3.8) is 0 Å². The lowest BCUT2D eigenvalue weighted by molar-refractivity contribution is 0.475. The summed E-state index contributed by atoms with van der Waals surface area (Å²) < 4.78 is 1.89. The normalized spacial score (nSPS) is 16.5. The van der Waals surface area contributed by atoms with Crippen LogP contribution in [0, 0.1) is 0 Å². The fourth-order valence-corrected chi connectivity index (χ4v) is 3.19. The molecule has 3 aromatic rings. The van der Waals surface area contributed by atoms with Gasteiger partial charge in [-0.15, -0.1) is 10.2 Å². The van der Waals surface area contributed by atoms with Crippen LogP contribution in [-0.2, 0) is 0 Å². The van der Waals surface area contributed by atoms with E-state index in [0.29, 0.717) is 0 Å². The predicted octanol–water partition coefficient (Wildman–Crippen LogP) is 2.39. The molecule has 2 N–H and O–H groups in total. The molecular weight excluding hydrogens is 286 g/mol. The van der Waals surface area contributed by atoms with Crippen LogP contribution in [0.15, 0.2) is 53.9 Å². The summed E-state index contributed by atoms with van der Waals surface area (Å²) in [5, 5.41) is 18.7. The van der Waals surface area contributed by atoms with Gasteiger partial charge in [-0.1, -0.05) is 23.9 Å². The molecule has 0 fully saturated rings. The molecule has 1 unspecified atom stereocenters. The number of nitrogens with zero attached hydrogens (tertiary/aromatic N) is 4. The lowest BCUT2D eigenvalue weighted by atomic mass is 10.2. The highest BCUT2D eigenvalue weighted by Gasteiger charge is 2.27. The monoisotopic (exact) mass is 297 g/mol. The minimum absolute atomic E-state index is 0.0525. The standard InChI is InChI=1S/C14H11N5OS/c20-11-3-1-10(2-4-11)13-18-19-12(16-17-14(19)21-13)9-5-7-15-8-6-9/h1-8,13,18,20H. The summed E-state index contributed by atoms with van der Waals surface area (Å²) in [6.07, 6.45) is 3.47. The number of hydrogen-bond donors (Lipinski definition) is 2. The Kier molecular flexibility index (Phi) is 2.78. The first kappa shape index (κ1) is 12.2. The van der Waals surface area contributed by atoms with Gasteiger partial charge in [0.25, 0.3) is 0 Å². The van der Waals surface area contributed by atoms with E-state index >= 15 is 0 Å². The van der Waals surface area contributed by atoms with Crippen molar-refractivity contribution in [1.82, 2.24) is 19.9 Å². The largest absolute Gasteiger partial charge is 0.508 e. The van der Waals surface area contributed by atoms with Crippen molar-refractivity contribution in [2.75, 3.05) is 5.43 Å². The Balaban J connectivity index is 1.66. The maximum absolute atomic E-state index is 9.37. The first-order valence-electron chi connectivity index (χ1n) is 6.39. The third-order valence-electron chi connectivity index (χ3n) is 3.24. The number of phenolic OH excluding ortho intramolecular Hbond substituents is 1. The molecule has 1 aromatic carbocycles. The van der Waals surface area contributed by atoms with Gasteiger partial charge in [0.2, 0.25) is 5.16 Å². The zero-order chi connectivity index (χ0) is 14.2. The third kappa shape index (κ3) is 2.11. The predicted molar refractivity (Wildman–Crippen MR) is 79.3 cm³/mol. The maximum Gasteiger partial charge on any atom is 0.212 e. The molecular formula is C14H11N5OS. The summed E-state index contributed by atoms with van der Waals surface area (Å²) in [7, 11) is 0. The van der Waals surface area contributed by atoms with E-state index in [-0.39, 0.29) is 11.1 Å². The van der Waals surface area contributed by atoms with Crippen molar-refractivity contribution >= 4 is 11.8 Å². The third-order valence-corrected chi connectivity index (χ3v) is 4.33. The number of aromatic hydroxyl groups is 1. The van der Waals surface area contributed by atoms with E-state index in [1.807, 2.05) is 28.9 Å². The fourth-order valence-electron chi connectivity index (χ4n) is 2.19. The average Bonchev–Trinajstić information content (AvgIpc) is 3.09. The van der Waals surface area contributed by atoms with Crippen LogP contribution in [0.4, 0.5) is 0 Å². The van der Waals surface area contributed by atoms with E-state index in [1.165, 1.54) is 0 Å². The first-order valence-corrected chi connectivity index (χ1v) is 7.27. The van der Waals surface area contributed by atoms with Crippen molar-refractivity contribution < 1.29 is 5.11 Å². The molecule has 0 saturated carbocycles. The molecule has 1 atom stereocenters. The lowest BCUT2D eigenvalue weighted by Crippen LogP contribution is -2.13. The van der Waals surface area contributed by atoms with Crippen molar-refractivity contribution in [2.24, 2.45) is 0 Å². The van der Waals surface area contributed by atoms with Crippen molar-refractivity contribution in [3.8, 4) is 17.1 Å². The SMILES string of the molecule is Oc1ccc(C2Nn3c(nnc3-c3ccncc3)S2)cc1. The Morgan fingerprint density at radius 1 is 1.05 bits per heavy atom. The molecule has 104 valence electrons. The van der Waals surface area contributed by atoms with Crippen molar-refractivity contribution in [3.05, 3.63) is 54.4 Å². The first-order chi connectivity index (χ1) is 10.3. The molecule has 1 aliphatic rings. The summed E-state index contributed by atoms with van der Waals surface area (Å²) >= 11 is 1.59. The molecule has 0 saturated heterocycles. The molecule has 0 spiro atoms. The molecule has 0 aliphatic carbocycles. The molecule has 4 rings (SSSR count). The number of hydrogen-bond acceptors (Lipinski definition) is 6. The Morgan fingerprint density at radius 2 is 1.81 bits per heavy atom. The Labute approximate surface area is 124 Å². The van der Waals surface area contributed by atoms with Crippen molar-refractivity contribution in [2.45, 2.75) is 10.5 Å². The van der Waals surface area contributed by atoms with Gasteiger partial charge in [-0.25, -0.2) is 4.68 Å². The molecule has 0 amide bonds. The van der Waals surface area contributed by atoms with Gasteiger partial charge < -0.3 is 10.5 Å². The highest BCUT2D eigenvalue weighted by molar-refractivity contribution is 7.99. The molecule has 7 heteroatoms. The number of thioether (sulfide) groups is 1. The number of pyridine rings is 1. The summed E-state index contributed by atoms with van der Waals surface area (Å²) in [6, 6.07) is 11.0. The highest BCUT2D eigenvalue weighted by Crippen LogP contribution is 2.40. The molecule has 1 aliphatic heterocycles. The fraction of sp³-hybridized carbons (Fsp3) is 0.0714. The van der Waals surface area contributed by atoms with Crippen LogP contribution in [0.1, 0.15) is 10.9 Å². The van der Waals surface area contributed by atoms with E-state index in [9.17, 15) is 5.11 Å². The number of benzene rings is 1. The molecule has 3 heterocycles. The topological polar surface area (TPSA) is 75.9 Å². The van der Waals surface area contributed by atoms with Crippen LogP contribution >= 0.6 is 11.8 Å². The van der Waals surface area contributed by atoms with Crippen LogP contribution in [0.5, 0.6) is 5.75 Å². The van der Waals surface area contributed by atoms with E-state index in [4.69, 9.17) is 0 Å². The molecule has 0 radical (unpaired) electrons. The molecule has 0 bridgehead atoms. The zero-order valence-corrected chi connectivity index (χ0v) is 11.7. The number of fused-ring (bicyclic) bond motifs is 1. The van der Waals surface area contributed by atoms with Crippen LogP contribution in [0.25, 0.3) is 11.4 Å². The van der Waals surface area contributed by atoms with Gasteiger partial charge in [-0.2, -0.15) is 0 Å². The summed E-state index contributed by atoms with van der Waals surface area (Å²) in [5.41, 5.74) is 5.40. The van der Waals surface area contributed by atoms with Gasteiger partial charge in [0.05, 0.1) is 0 Å². The highest BCUT2D eigenvalue weighted by atomic mass is 32.2. The minimum atomic E-state index is 0.0525. The van der Waals surface area contributed by atoms with Crippen LogP contribution in [0.3, 0.4) is 0 Å². The molecule has 6 nitrogen and oxygen atoms in total. The number of nitrogens with one attached hydrogen (secondary N) is 1. The molecule has 2 aromatic heterocycles. The number of rotatable bonds is 2. The van der Waals surface area contributed by atoms with Gasteiger partial charge >= 0.3 is 0 Å². The van der Waals surface area contributed by atoms with Gasteiger partial charge in [-0.05, 0) is 29.8 Å². The second-order valence-corrected chi connectivity index (χ2v) is 5.67. The zero-order valence-electron chi connectivity index (χ0n) is 10.8. The summed E-state index contributed by atoms with van der Waals surface area (Å²) in [4.78, 5) is 4.01. The number of aromatic nitrogens is 4. The Bertz CT molecular complexity index is 772. The molecule has 21 heavy (non-hydrogen) atoms. The number of phenols is 1. The minimum Gasteiger partial charge on any atom is -0.508 e. The Hall–Kier alpha value is -2.54. The second-order valence-electron chi connectivity index (χ2n) is 4.60. The van der Waals surface area contributed by atoms with Crippen LogP contribution in [-0.4, -0.2) is 25.0 Å². The van der Waals surface area contributed by atoms with Crippen LogP contribution in [0.2, 0.25) is 0 Å². The van der Waals surface area contributed by atoms with Crippen molar-refractivity contribution in [1.29, 1.82) is 0 Å². The maximum atomic E-state index is 9.37. The van der Waals surface area contributed by atoms with Gasteiger partial charge in [0.1, 0.15) is 11.1 Å². The smallest absolute Gasteiger partial charge is 0.212 e. The van der Waals surface area contributed by atoms with Crippen LogP contribution < -0.4 is 5.43 Å². The van der Waals surface area contributed by atoms with Gasteiger partial charge in [0, 0.05) is 18.0 Å². The summed E-state index contributed by atoms with van der Waals surface area (Å²) in [5.74, 6) is 1.03. The van der Waals surface area contributed by atoms with Gasteiger partial charge in [-0.3, -0.25) is 4.98 Å².